The molecule has 0 aliphatic heterocycles. The van der Waals surface area contributed by atoms with Crippen LogP contribution in [0.5, 0.6) is 11.5 Å². The highest BCUT2D eigenvalue weighted by molar-refractivity contribution is 7.15. The maximum absolute atomic E-state index is 12.2. The fourth-order valence-electron chi connectivity index (χ4n) is 3.06. The molecule has 0 saturated heterocycles. The van der Waals surface area contributed by atoms with Gasteiger partial charge in [0.25, 0.3) is 0 Å². The van der Waals surface area contributed by atoms with Crippen LogP contribution in [0.2, 0.25) is 0 Å². The van der Waals surface area contributed by atoms with Crippen molar-refractivity contribution in [3.63, 3.8) is 0 Å². The Balaban J connectivity index is 1.19. The van der Waals surface area contributed by atoms with Crippen molar-refractivity contribution in [2.45, 2.75) is 25.7 Å². The Bertz CT molecular complexity index is 1290. The van der Waals surface area contributed by atoms with E-state index >= 15 is 0 Å². The highest BCUT2D eigenvalue weighted by Crippen LogP contribution is 2.42. The second-order valence-electron chi connectivity index (χ2n) is 7.37. The number of carbonyl (C=O) groups excluding carboxylic acids is 2. The summed E-state index contributed by atoms with van der Waals surface area (Å²) in [5.74, 6) is 1.91. The molecule has 5 rings (SSSR count). The number of aromatic amines is 1. The number of carbonyl (C=O) groups is 2. The van der Waals surface area contributed by atoms with Crippen LogP contribution < -0.4 is 20.7 Å². The minimum Gasteiger partial charge on any atom is -0.457 e. The van der Waals surface area contributed by atoms with Crippen LogP contribution >= 0.6 is 11.3 Å². The number of H-pyrrole nitrogens is 1. The van der Waals surface area contributed by atoms with Crippen molar-refractivity contribution in [3.05, 3.63) is 47.5 Å². The molecule has 4 N–H and O–H groups in total. The van der Waals surface area contributed by atoms with Crippen molar-refractivity contribution >= 4 is 51.1 Å². The smallest absolute Gasteiger partial charge is 0.325 e. The largest absolute Gasteiger partial charge is 0.457 e. The fourth-order valence-corrected chi connectivity index (χ4v) is 3.97. The lowest BCUT2D eigenvalue weighted by molar-refractivity contribution is -0.114. The van der Waals surface area contributed by atoms with Crippen molar-refractivity contribution in [1.29, 1.82) is 0 Å². The molecule has 0 radical (unpaired) electrons. The van der Waals surface area contributed by atoms with Gasteiger partial charge in [-0.2, -0.15) is 0 Å². The third-order valence-corrected chi connectivity index (χ3v) is 5.68. The van der Waals surface area contributed by atoms with Crippen molar-refractivity contribution in [1.82, 2.24) is 20.2 Å². The number of rotatable bonds is 6. The van der Waals surface area contributed by atoms with Crippen LogP contribution in [0.15, 0.2) is 42.5 Å². The average Bonchev–Trinajstić information content (AvgIpc) is 3.37. The topological polar surface area (TPSA) is 134 Å². The molecule has 32 heavy (non-hydrogen) atoms. The van der Waals surface area contributed by atoms with Crippen LogP contribution in [-0.2, 0) is 4.79 Å². The maximum atomic E-state index is 12.2. The molecule has 4 aromatic rings. The normalized spacial score (nSPS) is 13.0. The van der Waals surface area contributed by atoms with Crippen molar-refractivity contribution in [2.75, 3.05) is 16.0 Å². The van der Waals surface area contributed by atoms with Crippen LogP contribution in [0, 0.1) is 0 Å². The van der Waals surface area contributed by atoms with Gasteiger partial charge < -0.3 is 15.0 Å². The van der Waals surface area contributed by atoms with E-state index in [-0.39, 0.29) is 11.9 Å². The molecule has 162 valence electrons. The molecule has 2 aromatic carbocycles. The third-order valence-electron chi connectivity index (χ3n) is 4.68. The van der Waals surface area contributed by atoms with Gasteiger partial charge in [-0.25, -0.2) is 9.78 Å². The number of hydrogen-bond donors (Lipinski definition) is 4. The van der Waals surface area contributed by atoms with Crippen LogP contribution in [0.4, 0.5) is 21.6 Å². The first-order valence-electron chi connectivity index (χ1n) is 9.98. The number of nitrogens with zero attached hydrogens (tertiary/aromatic N) is 3. The molecule has 0 unspecified atom stereocenters. The Morgan fingerprint density at radius 1 is 1.03 bits per heavy atom. The van der Waals surface area contributed by atoms with Crippen LogP contribution in [0.3, 0.4) is 0 Å². The number of amides is 3. The molecule has 3 amide bonds. The van der Waals surface area contributed by atoms with Crippen molar-refractivity contribution in [3.8, 4) is 11.5 Å². The molecule has 2 aromatic heterocycles. The first kappa shape index (κ1) is 19.9. The SMILES string of the molecule is CC(=O)Nc1nc2ccc(Oc3ccc(NC(=O)Nc4nnc(C5CC5)s4)cc3)cc2[nH]1. The van der Waals surface area contributed by atoms with Gasteiger partial charge in [-0.15, -0.1) is 10.2 Å². The summed E-state index contributed by atoms with van der Waals surface area (Å²) in [5.41, 5.74) is 2.07. The van der Waals surface area contributed by atoms with Gasteiger partial charge in [-0.1, -0.05) is 11.3 Å². The molecule has 10 nitrogen and oxygen atoms in total. The summed E-state index contributed by atoms with van der Waals surface area (Å²) in [4.78, 5) is 30.7. The highest BCUT2D eigenvalue weighted by Gasteiger charge is 2.27. The number of ether oxygens (including phenoxy) is 1. The van der Waals surface area contributed by atoms with E-state index in [0.717, 1.165) is 23.4 Å². The number of hydrogen-bond acceptors (Lipinski definition) is 7. The minimum absolute atomic E-state index is 0.200. The zero-order valence-corrected chi connectivity index (χ0v) is 17.8. The molecular formula is C21H19N7O3S. The Morgan fingerprint density at radius 3 is 2.56 bits per heavy atom. The van der Waals surface area contributed by atoms with Gasteiger partial charge >= 0.3 is 6.03 Å². The molecule has 1 fully saturated rings. The van der Waals surface area contributed by atoms with Gasteiger partial charge in [0.2, 0.25) is 17.0 Å². The van der Waals surface area contributed by atoms with Gasteiger partial charge in [0.05, 0.1) is 11.0 Å². The third kappa shape index (κ3) is 4.67. The molecule has 0 spiro atoms. The van der Waals surface area contributed by atoms with Crippen LogP contribution in [0.1, 0.15) is 30.7 Å². The van der Waals surface area contributed by atoms with Gasteiger partial charge in [-0.05, 0) is 49.2 Å². The lowest BCUT2D eigenvalue weighted by Gasteiger charge is -2.08. The van der Waals surface area contributed by atoms with Gasteiger partial charge in [0.15, 0.2) is 0 Å². The molecule has 0 bridgehead atoms. The molecular weight excluding hydrogens is 430 g/mol. The number of imidazole rings is 1. The number of aromatic nitrogens is 4. The summed E-state index contributed by atoms with van der Waals surface area (Å²) in [6, 6.07) is 12.0. The summed E-state index contributed by atoms with van der Waals surface area (Å²) in [5, 5.41) is 17.7. The van der Waals surface area contributed by atoms with Gasteiger partial charge in [0.1, 0.15) is 16.5 Å². The zero-order valence-electron chi connectivity index (χ0n) is 17.0. The molecule has 1 aliphatic rings. The Hall–Kier alpha value is -3.99. The number of fused-ring (bicyclic) bond motifs is 1. The Morgan fingerprint density at radius 2 is 1.81 bits per heavy atom. The summed E-state index contributed by atoms with van der Waals surface area (Å²) in [7, 11) is 0. The monoisotopic (exact) mass is 449 g/mol. The molecule has 11 heteroatoms. The summed E-state index contributed by atoms with van der Waals surface area (Å²) >= 11 is 1.41. The quantitative estimate of drug-likeness (QED) is 0.337. The second kappa shape index (κ2) is 8.27. The van der Waals surface area contributed by atoms with Crippen LogP contribution in [-0.4, -0.2) is 32.1 Å². The maximum Gasteiger partial charge on any atom is 0.325 e. The van der Waals surface area contributed by atoms with E-state index in [1.165, 1.54) is 18.3 Å². The zero-order chi connectivity index (χ0) is 22.1. The van der Waals surface area contributed by atoms with Crippen LogP contribution in [0.25, 0.3) is 11.0 Å². The first-order chi connectivity index (χ1) is 15.5. The van der Waals surface area contributed by atoms with Crippen molar-refractivity contribution < 1.29 is 14.3 Å². The van der Waals surface area contributed by atoms with E-state index in [2.05, 4.69) is 36.1 Å². The van der Waals surface area contributed by atoms with E-state index in [0.29, 0.717) is 39.7 Å². The number of anilines is 3. The predicted octanol–water partition coefficient (Wildman–Crippen LogP) is 4.69. The van der Waals surface area contributed by atoms with Gasteiger partial charge in [0, 0.05) is 24.6 Å². The lowest BCUT2D eigenvalue weighted by Crippen LogP contribution is -2.19. The fraction of sp³-hybridized carbons (Fsp3) is 0.190. The summed E-state index contributed by atoms with van der Waals surface area (Å²) in [6.45, 7) is 1.42. The summed E-state index contributed by atoms with van der Waals surface area (Å²) in [6.07, 6.45) is 2.28. The van der Waals surface area contributed by atoms with E-state index in [1.807, 2.05) is 0 Å². The van der Waals surface area contributed by atoms with E-state index in [1.54, 1.807) is 42.5 Å². The number of urea groups is 1. The number of benzene rings is 2. The lowest BCUT2D eigenvalue weighted by atomic mass is 10.3. The van der Waals surface area contributed by atoms with Gasteiger partial charge in [-0.3, -0.25) is 15.4 Å². The second-order valence-corrected chi connectivity index (χ2v) is 8.38. The molecule has 1 saturated carbocycles. The van der Waals surface area contributed by atoms with Crippen molar-refractivity contribution in [2.24, 2.45) is 0 Å². The average molecular weight is 449 g/mol. The molecule has 2 heterocycles. The molecule has 1 aliphatic carbocycles. The first-order valence-corrected chi connectivity index (χ1v) is 10.8. The number of nitrogens with one attached hydrogen (secondary N) is 4. The predicted molar refractivity (Wildman–Crippen MR) is 121 cm³/mol. The standard InChI is InChI=1S/C21H19N7O3S/c1-11(29)22-19-24-16-9-8-15(10-17(16)25-19)31-14-6-4-13(5-7-14)23-20(30)26-21-28-27-18(32-21)12-2-3-12/h4-10,12H,2-3H2,1H3,(H2,22,24,25,29)(H2,23,26,28,30). The molecule has 0 atom stereocenters. The summed E-state index contributed by atoms with van der Waals surface area (Å²) < 4.78 is 5.88. The van der Waals surface area contributed by atoms with E-state index in [4.69, 9.17) is 4.74 Å². The van der Waals surface area contributed by atoms with E-state index in [9.17, 15) is 9.59 Å². The minimum atomic E-state index is -0.378. The van der Waals surface area contributed by atoms with E-state index < -0.39 is 0 Å². The Labute approximate surface area is 186 Å². The highest BCUT2D eigenvalue weighted by atomic mass is 32.1. The Kier molecular flexibility index (Phi) is 5.15.